The van der Waals surface area contributed by atoms with Gasteiger partial charge in [0.25, 0.3) is 0 Å². The van der Waals surface area contributed by atoms with Crippen molar-refractivity contribution in [2.24, 2.45) is 0 Å². The summed E-state index contributed by atoms with van der Waals surface area (Å²) in [5.41, 5.74) is 5.00. The number of aromatic nitrogens is 2. The van der Waals surface area contributed by atoms with Gasteiger partial charge in [-0.05, 0) is 30.3 Å². The summed E-state index contributed by atoms with van der Waals surface area (Å²) < 4.78 is 10.7. The number of fused-ring (bicyclic) bond motifs is 1. The van der Waals surface area contributed by atoms with Crippen LogP contribution in [0.1, 0.15) is 20.7 Å². The van der Waals surface area contributed by atoms with Crippen LogP contribution in [-0.2, 0) is 0 Å². The van der Waals surface area contributed by atoms with Gasteiger partial charge in [0.05, 0.1) is 57.3 Å². The molecule has 0 spiro atoms. The van der Waals surface area contributed by atoms with Gasteiger partial charge in [0.15, 0.2) is 12.6 Å². The number of methoxy groups -OCH3 is 2. The molecule has 0 N–H and O–H groups in total. The van der Waals surface area contributed by atoms with Crippen LogP contribution in [-0.4, -0.2) is 36.8 Å². The number of nitrogens with zero attached hydrogens (tertiary/aromatic N) is 2. The number of pyridine rings is 2. The first kappa shape index (κ1) is 26.6. The quantitative estimate of drug-likeness (QED) is 0.181. The van der Waals surface area contributed by atoms with E-state index in [4.69, 9.17) is 49.3 Å². The van der Waals surface area contributed by atoms with Gasteiger partial charge in [-0.3, -0.25) is 9.59 Å². The van der Waals surface area contributed by atoms with Gasteiger partial charge >= 0.3 is 0 Å². The summed E-state index contributed by atoms with van der Waals surface area (Å²) in [6.07, 6.45) is 1.38. The van der Waals surface area contributed by atoms with E-state index >= 15 is 0 Å². The first-order valence-electron chi connectivity index (χ1n) is 11.6. The van der Waals surface area contributed by atoms with Crippen molar-refractivity contribution >= 4 is 58.3 Å². The third kappa shape index (κ3) is 4.72. The molecular formula is C30H19Cl3N2O4. The molecule has 0 fully saturated rings. The fourth-order valence-electron chi connectivity index (χ4n) is 4.45. The molecule has 9 heteroatoms. The molecule has 0 atom stereocenters. The van der Waals surface area contributed by atoms with E-state index in [1.807, 2.05) is 36.4 Å². The highest BCUT2D eigenvalue weighted by Crippen LogP contribution is 2.43. The number of rotatable bonds is 7. The van der Waals surface area contributed by atoms with Crippen molar-refractivity contribution in [1.29, 1.82) is 0 Å². The molecular weight excluding hydrogens is 559 g/mol. The molecule has 3 aromatic carbocycles. The summed E-state index contributed by atoms with van der Waals surface area (Å²) in [7, 11) is 2.94. The third-order valence-electron chi connectivity index (χ3n) is 6.29. The molecule has 0 saturated carbocycles. The second-order valence-corrected chi connectivity index (χ2v) is 9.60. The Hall–Kier alpha value is -3.97. The predicted octanol–water partition coefficient (Wildman–Crippen LogP) is 8.23. The molecule has 0 unspecified atom stereocenters. The standard InChI is InChI=1S/C30H19Cl3N2O4/c1-38-29-17(15-37)13-23(31)28-22(29)10-12-24(34-28)20-7-3-5-18(26(20)32)19-6-4-8-21(27(19)33)25-11-9-16(14-36)30(35-25)39-2/h3-15H,1-2H3. The van der Waals surface area contributed by atoms with Crippen molar-refractivity contribution in [2.75, 3.05) is 14.2 Å². The van der Waals surface area contributed by atoms with Crippen LogP contribution in [0.2, 0.25) is 15.1 Å². The van der Waals surface area contributed by atoms with Crippen molar-refractivity contribution in [1.82, 2.24) is 9.97 Å². The van der Waals surface area contributed by atoms with Crippen LogP contribution < -0.4 is 9.47 Å². The van der Waals surface area contributed by atoms with Crippen LogP contribution in [0.5, 0.6) is 11.6 Å². The molecule has 0 aliphatic rings. The number of hydrogen-bond acceptors (Lipinski definition) is 6. The molecule has 6 nitrogen and oxygen atoms in total. The Labute approximate surface area is 239 Å². The van der Waals surface area contributed by atoms with Crippen LogP contribution >= 0.6 is 34.8 Å². The van der Waals surface area contributed by atoms with Crippen LogP contribution in [0.3, 0.4) is 0 Å². The molecule has 39 heavy (non-hydrogen) atoms. The topological polar surface area (TPSA) is 78.4 Å². The number of hydrogen-bond donors (Lipinski definition) is 0. The van der Waals surface area contributed by atoms with E-state index in [9.17, 15) is 9.59 Å². The zero-order valence-corrected chi connectivity index (χ0v) is 22.9. The lowest BCUT2D eigenvalue weighted by atomic mass is 9.98. The van der Waals surface area contributed by atoms with Gasteiger partial charge in [-0.25, -0.2) is 9.97 Å². The van der Waals surface area contributed by atoms with Crippen molar-refractivity contribution in [3.8, 4) is 45.3 Å². The van der Waals surface area contributed by atoms with Crippen LogP contribution in [0.4, 0.5) is 0 Å². The van der Waals surface area contributed by atoms with E-state index in [0.29, 0.717) is 89.1 Å². The lowest BCUT2D eigenvalue weighted by Crippen LogP contribution is -1.97. The van der Waals surface area contributed by atoms with Crippen molar-refractivity contribution in [3.05, 3.63) is 92.9 Å². The number of ether oxygens (including phenoxy) is 2. The molecule has 5 aromatic rings. The first-order valence-corrected chi connectivity index (χ1v) is 12.8. The first-order chi connectivity index (χ1) is 18.9. The minimum atomic E-state index is 0.210. The van der Waals surface area contributed by atoms with E-state index in [1.54, 1.807) is 24.3 Å². The highest BCUT2D eigenvalue weighted by atomic mass is 35.5. The average molecular weight is 578 g/mol. The van der Waals surface area contributed by atoms with Gasteiger partial charge in [-0.15, -0.1) is 0 Å². The zero-order chi connectivity index (χ0) is 27.7. The van der Waals surface area contributed by atoms with Crippen molar-refractivity contribution in [2.45, 2.75) is 0 Å². The van der Waals surface area contributed by atoms with Gasteiger partial charge in [-0.2, -0.15) is 0 Å². The molecule has 0 amide bonds. The summed E-state index contributed by atoms with van der Waals surface area (Å²) in [6.45, 7) is 0. The Morgan fingerprint density at radius 3 is 1.79 bits per heavy atom. The summed E-state index contributed by atoms with van der Waals surface area (Å²) >= 11 is 20.3. The Balaban J connectivity index is 1.63. The molecule has 2 aromatic heterocycles. The van der Waals surface area contributed by atoms with Gasteiger partial charge in [-0.1, -0.05) is 71.2 Å². The van der Waals surface area contributed by atoms with Gasteiger partial charge in [0.2, 0.25) is 5.88 Å². The SMILES string of the molecule is COc1nc(-c2cccc(-c3cccc(-c4ccc5c(OC)c(C=O)cc(Cl)c5n4)c3Cl)c2Cl)ccc1C=O. The Morgan fingerprint density at radius 2 is 1.23 bits per heavy atom. The van der Waals surface area contributed by atoms with E-state index in [0.717, 1.165) is 0 Å². The Kier molecular flexibility index (Phi) is 7.53. The largest absolute Gasteiger partial charge is 0.495 e. The third-order valence-corrected chi connectivity index (χ3v) is 7.39. The smallest absolute Gasteiger partial charge is 0.224 e. The second-order valence-electron chi connectivity index (χ2n) is 8.44. The van der Waals surface area contributed by atoms with Gasteiger partial charge in [0, 0.05) is 27.6 Å². The maximum Gasteiger partial charge on any atom is 0.224 e. The van der Waals surface area contributed by atoms with Crippen LogP contribution in [0.15, 0.2) is 66.7 Å². The predicted molar refractivity (Wildman–Crippen MR) is 155 cm³/mol. The number of aldehydes is 2. The van der Waals surface area contributed by atoms with E-state index < -0.39 is 0 Å². The minimum Gasteiger partial charge on any atom is -0.495 e. The van der Waals surface area contributed by atoms with E-state index in [-0.39, 0.29) is 5.88 Å². The molecule has 194 valence electrons. The summed E-state index contributed by atoms with van der Waals surface area (Å²) in [4.78, 5) is 32.0. The lowest BCUT2D eigenvalue weighted by Gasteiger charge is -2.15. The molecule has 0 aliphatic carbocycles. The maximum absolute atomic E-state index is 11.5. The lowest BCUT2D eigenvalue weighted by molar-refractivity contribution is 0.111. The molecule has 0 aliphatic heterocycles. The van der Waals surface area contributed by atoms with Crippen LogP contribution in [0, 0.1) is 0 Å². The monoisotopic (exact) mass is 576 g/mol. The molecule has 0 saturated heterocycles. The molecule has 5 rings (SSSR count). The maximum atomic E-state index is 11.5. The molecule has 2 heterocycles. The van der Waals surface area contributed by atoms with Gasteiger partial charge < -0.3 is 9.47 Å². The fourth-order valence-corrected chi connectivity index (χ4v) is 5.36. The minimum absolute atomic E-state index is 0.210. The number of carbonyl (C=O) groups is 2. The van der Waals surface area contributed by atoms with Gasteiger partial charge in [0.1, 0.15) is 5.75 Å². The molecule has 0 bridgehead atoms. The highest BCUT2D eigenvalue weighted by Gasteiger charge is 2.19. The summed E-state index contributed by atoms with van der Waals surface area (Å²) in [6, 6.07) is 19.6. The Morgan fingerprint density at radius 1 is 0.667 bits per heavy atom. The normalized spacial score (nSPS) is 10.9. The second kappa shape index (κ2) is 11.0. The fraction of sp³-hybridized carbons (Fsp3) is 0.0667. The van der Waals surface area contributed by atoms with E-state index in [2.05, 4.69) is 4.98 Å². The number of benzene rings is 3. The van der Waals surface area contributed by atoms with E-state index in [1.165, 1.54) is 20.3 Å². The molecule has 0 radical (unpaired) electrons. The number of halogens is 3. The number of carbonyl (C=O) groups excluding carboxylic acids is 2. The van der Waals surface area contributed by atoms with Crippen molar-refractivity contribution in [3.63, 3.8) is 0 Å². The Bertz CT molecular complexity index is 1770. The zero-order valence-electron chi connectivity index (χ0n) is 20.7. The highest BCUT2D eigenvalue weighted by molar-refractivity contribution is 6.39. The summed E-state index contributed by atoms with van der Waals surface area (Å²) in [5, 5.41) is 1.81. The van der Waals surface area contributed by atoms with Crippen LogP contribution in [0.25, 0.3) is 44.5 Å². The average Bonchev–Trinajstić information content (AvgIpc) is 2.97. The summed E-state index contributed by atoms with van der Waals surface area (Å²) in [5.74, 6) is 0.611. The van der Waals surface area contributed by atoms with Crippen molar-refractivity contribution < 1.29 is 19.1 Å².